The summed E-state index contributed by atoms with van der Waals surface area (Å²) in [5.74, 6) is 0.946. The van der Waals surface area contributed by atoms with Gasteiger partial charge in [-0.25, -0.2) is 0 Å². The van der Waals surface area contributed by atoms with Crippen molar-refractivity contribution in [1.29, 1.82) is 0 Å². The second-order valence-corrected chi connectivity index (χ2v) is 9.50. The third-order valence-corrected chi connectivity index (χ3v) is 7.44. The number of hydrogen-bond acceptors (Lipinski definition) is 0. The number of allylic oxidation sites excluding steroid dienone is 6. The van der Waals surface area contributed by atoms with Gasteiger partial charge in [-0.15, -0.1) is 0 Å². The maximum atomic E-state index is 2.49. The first-order valence-corrected chi connectivity index (χ1v) is 10.2. The monoisotopic (exact) mass is 467 g/mol. The normalized spacial score (nSPS) is 26.7. The molecule has 133 valence electrons. The van der Waals surface area contributed by atoms with E-state index < -0.39 is 0 Å². The fourth-order valence-electron chi connectivity index (χ4n) is 4.37. The second-order valence-electron chi connectivity index (χ2n) is 7.21. The zero-order valence-electron chi connectivity index (χ0n) is 14.8. The van der Waals surface area contributed by atoms with Gasteiger partial charge in [0.05, 0.1) is 0 Å². The van der Waals surface area contributed by atoms with Crippen LogP contribution in [-0.4, -0.2) is 0 Å². The van der Waals surface area contributed by atoms with Crippen molar-refractivity contribution >= 4 is 12.2 Å². The summed E-state index contributed by atoms with van der Waals surface area (Å²) in [6.07, 6.45) is 17.8. The summed E-state index contributed by atoms with van der Waals surface area (Å²) in [4.78, 5) is 0. The van der Waals surface area contributed by atoms with Gasteiger partial charge in [0.25, 0.3) is 0 Å². The van der Waals surface area contributed by atoms with E-state index in [4.69, 9.17) is 0 Å². The van der Waals surface area contributed by atoms with Gasteiger partial charge in [-0.2, -0.15) is 0 Å². The Kier molecular flexibility index (Phi) is 6.16. The fourth-order valence-corrected chi connectivity index (χ4v) is 5.44. The average Bonchev–Trinajstić information content (AvgIpc) is 3.27. The van der Waals surface area contributed by atoms with Crippen LogP contribution in [0.15, 0.2) is 84.5 Å². The van der Waals surface area contributed by atoms with Crippen molar-refractivity contribution in [2.75, 3.05) is 0 Å². The van der Waals surface area contributed by atoms with Crippen LogP contribution in [0, 0.1) is 0 Å². The molecule has 3 aliphatic rings. The minimum absolute atomic E-state index is 0. The molecule has 0 saturated heterocycles. The zero-order chi connectivity index (χ0) is 16.9. The van der Waals surface area contributed by atoms with Gasteiger partial charge in [-0.1, -0.05) is 0 Å². The summed E-state index contributed by atoms with van der Waals surface area (Å²) >= 11 is 1.60. The van der Waals surface area contributed by atoms with Gasteiger partial charge in [0.15, 0.2) is 0 Å². The van der Waals surface area contributed by atoms with Gasteiger partial charge in [-0.05, 0) is 0 Å². The molecule has 0 saturated carbocycles. The molecule has 3 unspecified atom stereocenters. The van der Waals surface area contributed by atoms with Crippen LogP contribution >= 0.6 is 0 Å². The number of rotatable bonds is 2. The quantitative estimate of drug-likeness (QED) is 0.590. The summed E-state index contributed by atoms with van der Waals surface area (Å²) in [5.41, 5.74) is 7.15. The van der Waals surface area contributed by atoms with E-state index in [1.807, 2.05) is 0 Å². The molecule has 0 heterocycles. The van der Waals surface area contributed by atoms with E-state index in [0.717, 1.165) is 6.42 Å². The Hall–Kier alpha value is -1.14. The number of hydrogen-bond donors (Lipinski definition) is 0. The predicted octanol–water partition coefficient (Wildman–Crippen LogP) is 0.207. The third kappa shape index (κ3) is 3.51. The molecule has 0 bridgehead atoms. The fraction of sp³-hybridized carbons (Fsp3) is 0.167. The second kappa shape index (κ2) is 8.08. The molecule has 5 rings (SSSR count). The molecule has 0 spiro atoms. The molecule has 3 heteroatoms. The van der Waals surface area contributed by atoms with Gasteiger partial charge in [0.1, 0.15) is 0 Å². The molecule has 0 amide bonds. The van der Waals surface area contributed by atoms with Crippen LogP contribution in [0.2, 0.25) is 3.12 Å². The molecular formula is C24H19Cl2Zr. The van der Waals surface area contributed by atoms with E-state index in [-0.39, 0.29) is 27.9 Å². The van der Waals surface area contributed by atoms with Crippen LogP contribution in [0.5, 0.6) is 0 Å². The zero-order valence-corrected chi connectivity index (χ0v) is 18.7. The molecule has 0 fully saturated rings. The van der Waals surface area contributed by atoms with Gasteiger partial charge in [0.2, 0.25) is 0 Å². The molecular weight excluding hydrogens is 450 g/mol. The van der Waals surface area contributed by atoms with E-state index in [2.05, 4.69) is 91.1 Å². The average molecular weight is 470 g/mol. The summed E-state index contributed by atoms with van der Waals surface area (Å²) < 4.78 is 0.251. The van der Waals surface area contributed by atoms with E-state index in [0.29, 0.717) is 11.8 Å². The first kappa shape index (κ1) is 20.6. The first-order valence-electron chi connectivity index (χ1n) is 8.93. The Morgan fingerprint density at radius 3 is 2.11 bits per heavy atom. The number of halogens is 2. The third-order valence-electron chi connectivity index (χ3n) is 5.76. The Morgan fingerprint density at radius 2 is 1.41 bits per heavy atom. The van der Waals surface area contributed by atoms with Gasteiger partial charge < -0.3 is 24.8 Å². The molecule has 0 aromatic heterocycles. The first-order chi connectivity index (χ1) is 12.2. The molecule has 0 aliphatic heterocycles. The van der Waals surface area contributed by atoms with Crippen molar-refractivity contribution in [2.24, 2.45) is 0 Å². The number of benzene rings is 2. The molecule has 27 heavy (non-hydrogen) atoms. The van der Waals surface area contributed by atoms with Crippen molar-refractivity contribution in [2.45, 2.75) is 21.4 Å². The van der Waals surface area contributed by atoms with E-state index >= 15 is 0 Å². The summed E-state index contributed by atoms with van der Waals surface area (Å²) in [6, 6.07) is 17.6. The van der Waals surface area contributed by atoms with Crippen molar-refractivity contribution in [3.8, 4) is 0 Å². The summed E-state index contributed by atoms with van der Waals surface area (Å²) in [7, 11) is 0. The molecule has 0 radical (unpaired) electrons. The van der Waals surface area contributed by atoms with Crippen LogP contribution in [0.3, 0.4) is 0 Å². The molecule has 0 nitrogen and oxygen atoms in total. The van der Waals surface area contributed by atoms with Gasteiger partial charge in [0, 0.05) is 0 Å². The maximum absolute atomic E-state index is 2.49. The minimum atomic E-state index is 0. The summed E-state index contributed by atoms with van der Waals surface area (Å²) in [6.45, 7) is 0. The standard InChI is InChI=1S/C24H19.2ClH.Zr/c1-3-7-21-17(5-1)13-15-23(21)19-9-11-20(12-10-19)24-16-14-18-6-2-4-8-22(18)24;;;/h1-11,13-16,23-24H,12H2;2*1H;/q;;;+2/p-2. The van der Waals surface area contributed by atoms with E-state index in [1.54, 1.807) is 24.7 Å². The van der Waals surface area contributed by atoms with E-state index in [1.165, 1.54) is 27.8 Å². The predicted molar refractivity (Wildman–Crippen MR) is 101 cm³/mol. The van der Waals surface area contributed by atoms with E-state index in [9.17, 15) is 0 Å². The molecule has 3 aliphatic carbocycles. The topological polar surface area (TPSA) is 0 Å². The van der Waals surface area contributed by atoms with Crippen LogP contribution in [0.25, 0.3) is 12.2 Å². The Labute approximate surface area is 188 Å². The van der Waals surface area contributed by atoms with Crippen LogP contribution in [0.4, 0.5) is 0 Å². The molecule has 3 atom stereocenters. The van der Waals surface area contributed by atoms with Gasteiger partial charge >= 0.3 is 165 Å². The van der Waals surface area contributed by atoms with Crippen molar-refractivity contribution in [3.05, 3.63) is 107 Å². The van der Waals surface area contributed by atoms with Crippen LogP contribution in [-0.2, 0) is 24.7 Å². The van der Waals surface area contributed by atoms with Crippen molar-refractivity contribution < 1.29 is 49.5 Å². The molecule has 0 N–H and O–H groups in total. The SMILES string of the molecule is [Cl-].[Cl-].[Zr+2][C]1(C2C=Cc3ccccc32)C=CC(C2C=Cc3ccccc32)=CC1. The number of fused-ring (bicyclic) bond motifs is 2. The molecule has 2 aromatic carbocycles. The Bertz CT molecular complexity index is 970. The molecule has 2 aromatic rings. The van der Waals surface area contributed by atoms with Gasteiger partial charge in [-0.3, -0.25) is 0 Å². The Balaban J connectivity index is 0.00000105. The van der Waals surface area contributed by atoms with Crippen LogP contribution in [0.1, 0.15) is 40.5 Å². The van der Waals surface area contributed by atoms with Crippen molar-refractivity contribution in [3.63, 3.8) is 0 Å². The van der Waals surface area contributed by atoms with Crippen molar-refractivity contribution in [1.82, 2.24) is 0 Å². The Morgan fingerprint density at radius 1 is 0.778 bits per heavy atom. The van der Waals surface area contributed by atoms with Crippen LogP contribution < -0.4 is 24.8 Å². The summed E-state index contributed by atoms with van der Waals surface area (Å²) in [5, 5.41) is 0.